The van der Waals surface area contributed by atoms with E-state index in [2.05, 4.69) is 17.0 Å². The first-order valence-corrected chi connectivity index (χ1v) is 6.19. The highest BCUT2D eigenvalue weighted by Crippen LogP contribution is 2.37. The topological polar surface area (TPSA) is 47.8 Å². The van der Waals surface area contributed by atoms with Gasteiger partial charge in [0.15, 0.2) is 5.78 Å². The second-order valence-electron chi connectivity index (χ2n) is 4.83. The van der Waals surface area contributed by atoms with E-state index >= 15 is 0 Å². The Hall–Kier alpha value is -1.97. The molecule has 1 atom stereocenters. The van der Waals surface area contributed by atoms with Crippen LogP contribution in [0.4, 0.5) is 0 Å². The number of carbonyl (C=O) groups is 1. The third-order valence-electron chi connectivity index (χ3n) is 3.60. The summed E-state index contributed by atoms with van der Waals surface area (Å²) >= 11 is 0. The SMILES string of the molecule is CC1CCC(=O)c2c1c(-c1ccncc1)nn2C. The van der Waals surface area contributed by atoms with Crippen LogP contribution in [0.2, 0.25) is 0 Å². The molecular formula is C14H15N3O. The maximum absolute atomic E-state index is 12.0. The number of fused-ring (bicyclic) bond motifs is 1. The molecule has 0 spiro atoms. The van der Waals surface area contributed by atoms with Crippen LogP contribution in [0.1, 0.15) is 41.7 Å². The maximum Gasteiger partial charge on any atom is 0.181 e. The molecule has 0 radical (unpaired) electrons. The zero-order valence-electron chi connectivity index (χ0n) is 10.6. The van der Waals surface area contributed by atoms with Gasteiger partial charge in [0.05, 0.1) is 5.69 Å². The van der Waals surface area contributed by atoms with Gasteiger partial charge in [-0.1, -0.05) is 6.92 Å². The van der Waals surface area contributed by atoms with Crippen LogP contribution in [0.25, 0.3) is 11.3 Å². The molecule has 2 heterocycles. The van der Waals surface area contributed by atoms with Crippen molar-refractivity contribution >= 4 is 5.78 Å². The summed E-state index contributed by atoms with van der Waals surface area (Å²) in [7, 11) is 1.85. The normalized spacial score (nSPS) is 18.8. The molecule has 1 aliphatic carbocycles. The van der Waals surface area contributed by atoms with Crippen molar-refractivity contribution < 1.29 is 4.79 Å². The van der Waals surface area contributed by atoms with Gasteiger partial charge in [-0.3, -0.25) is 14.5 Å². The number of hydrogen-bond donors (Lipinski definition) is 0. The van der Waals surface area contributed by atoms with E-state index in [0.717, 1.165) is 28.9 Å². The lowest BCUT2D eigenvalue weighted by Gasteiger charge is -2.18. The monoisotopic (exact) mass is 241 g/mol. The molecule has 0 aromatic carbocycles. The van der Waals surface area contributed by atoms with Crippen molar-refractivity contribution in [2.75, 3.05) is 0 Å². The standard InChI is InChI=1S/C14H15N3O/c1-9-3-4-11(18)14-12(9)13(16-17(14)2)10-5-7-15-8-6-10/h5-9H,3-4H2,1-2H3. The fourth-order valence-corrected chi connectivity index (χ4v) is 2.67. The number of aromatic nitrogens is 3. The molecule has 92 valence electrons. The van der Waals surface area contributed by atoms with Gasteiger partial charge in [0, 0.05) is 37.0 Å². The lowest BCUT2D eigenvalue weighted by Crippen LogP contribution is -2.16. The van der Waals surface area contributed by atoms with Crippen molar-refractivity contribution in [2.45, 2.75) is 25.7 Å². The summed E-state index contributed by atoms with van der Waals surface area (Å²) in [6.07, 6.45) is 5.05. The van der Waals surface area contributed by atoms with Crippen molar-refractivity contribution in [1.82, 2.24) is 14.8 Å². The molecule has 0 fully saturated rings. The molecule has 4 heteroatoms. The molecule has 0 saturated heterocycles. The van der Waals surface area contributed by atoms with Gasteiger partial charge in [0.2, 0.25) is 0 Å². The molecule has 3 rings (SSSR count). The average Bonchev–Trinajstić information content (AvgIpc) is 2.74. The number of nitrogens with zero attached hydrogens (tertiary/aromatic N) is 3. The minimum atomic E-state index is 0.207. The summed E-state index contributed by atoms with van der Waals surface area (Å²) in [5, 5.41) is 4.53. The second-order valence-corrected chi connectivity index (χ2v) is 4.83. The van der Waals surface area contributed by atoms with Crippen molar-refractivity contribution in [1.29, 1.82) is 0 Å². The average molecular weight is 241 g/mol. The van der Waals surface area contributed by atoms with Crippen molar-refractivity contribution in [2.24, 2.45) is 7.05 Å². The maximum atomic E-state index is 12.0. The van der Waals surface area contributed by atoms with E-state index in [-0.39, 0.29) is 5.78 Å². The molecule has 2 aromatic heterocycles. The fraction of sp³-hybridized carbons (Fsp3) is 0.357. The summed E-state index contributed by atoms with van der Waals surface area (Å²) in [5.74, 6) is 0.591. The van der Waals surface area contributed by atoms with Gasteiger partial charge in [0.25, 0.3) is 0 Å². The van der Waals surface area contributed by atoms with Gasteiger partial charge in [0.1, 0.15) is 5.69 Å². The molecule has 0 N–H and O–H groups in total. The van der Waals surface area contributed by atoms with Crippen LogP contribution < -0.4 is 0 Å². The van der Waals surface area contributed by atoms with E-state index in [1.54, 1.807) is 17.1 Å². The molecule has 18 heavy (non-hydrogen) atoms. The molecular weight excluding hydrogens is 226 g/mol. The van der Waals surface area contributed by atoms with Crippen LogP contribution in [0.5, 0.6) is 0 Å². The number of ketones is 1. The van der Waals surface area contributed by atoms with Crippen LogP contribution >= 0.6 is 0 Å². The van der Waals surface area contributed by atoms with Crippen molar-refractivity contribution in [3.05, 3.63) is 35.8 Å². The fourth-order valence-electron chi connectivity index (χ4n) is 2.67. The highest BCUT2D eigenvalue weighted by Gasteiger charge is 2.30. The van der Waals surface area contributed by atoms with Gasteiger partial charge >= 0.3 is 0 Å². The van der Waals surface area contributed by atoms with E-state index < -0.39 is 0 Å². The van der Waals surface area contributed by atoms with Crippen LogP contribution in [0.3, 0.4) is 0 Å². The van der Waals surface area contributed by atoms with Crippen molar-refractivity contribution in [3.8, 4) is 11.3 Å². The molecule has 2 aromatic rings. The predicted molar refractivity (Wildman–Crippen MR) is 68.4 cm³/mol. The van der Waals surface area contributed by atoms with E-state index in [0.29, 0.717) is 12.3 Å². The highest BCUT2D eigenvalue weighted by atomic mass is 16.1. The lowest BCUT2D eigenvalue weighted by molar-refractivity contribution is 0.0958. The van der Waals surface area contributed by atoms with Crippen LogP contribution in [0, 0.1) is 0 Å². The zero-order chi connectivity index (χ0) is 12.7. The first-order valence-electron chi connectivity index (χ1n) is 6.19. The number of pyridine rings is 1. The quantitative estimate of drug-likeness (QED) is 0.771. The Bertz CT molecular complexity index is 601. The van der Waals surface area contributed by atoms with Gasteiger partial charge in [-0.15, -0.1) is 0 Å². The Morgan fingerprint density at radius 3 is 2.78 bits per heavy atom. The van der Waals surface area contributed by atoms with E-state index in [1.165, 1.54) is 0 Å². The Kier molecular flexibility index (Phi) is 2.51. The first kappa shape index (κ1) is 11.1. The largest absolute Gasteiger partial charge is 0.292 e. The summed E-state index contributed by atoms with van der Waals surface area (Å²) in [5.41, 5.74) is 3.83. The van der Waals surface area contributed by atoms with Crippen LogP contribution in [-0.4, -0.2) is 20.5 Å². The molecule has 1 aliphatic rings. The van der Waals surface area contributed by atoms with Crippen molar-refractivity contribution in [3.63, 3.8) is 0 Å². The number of rotatable bonds is 1. The van der Waals surface area contributed by atoms with Crippen LogP contribution in [-0.2, 0) is 7.05 Å². The summed E-state index contributed by atoms with van der Waals surface area (Å²) < 4.78 is 1.73. The van der Waals surface area contributed by atoms with Crippen LogP contribution in [0.15, 0.2) is 24.5 Å². The minimum Gasteiger partial charge on any atom is -0.292 e. The number of Topliss-reactive ketones (excluding diaryl/α,β-unsaturated/α-hetero) is 1. The Labute approximate surface area is 106 Å². The highest BCUT2D eigenvalue weighted by molar-refractivity contribution is 5.99. The van der Waals surface area contributed by atoms with Gasteiger partial charge in [-0.25, -0.2) is 0 Å². The third kappa shape index (κ3) is 1.56. The Morgan fingerprint density at radius 1 is 1.33 bits per heavy atom. The Morgan fingerprint density at radius 2 is 2.06 bits per heavy atom. The number of carbonyl (C=O) groups excluding carboxylic acids is 1. The molecule has 0 saturated carbocycles. The molecule has 4 nitrogen and oxygen atoms in total. The first-order chi connectivity index (χ1) is 8.68. The van der Waals surface area contributed by atoms with E-state index in [1.807, 2.05) is 19.2 Å². The summed E-state index contributed by atoms with van der Waals surface area (Å²) in [4.78, 5) is 16.0. The smallest absolute Gasteiger partial charge is 0.181 e. The molecule has 0 amide bonds. The Balaban J connectivity index is 2.24. The van der Waals surface area contributed by atoms with E-state index in [4.69, 9.17) is 0 Å². The third-order valence-corrected chi connectivity index (χ3v) is 3.60. The second kappa shape index (κ2) is 4.05. The van der Waals surface area contributed by atoms with Gasteiger partial charge in [-0.05, 0) is 24.5 Å². The zero-order valence-corrected chi connectivity index (χ0v) is 10.6. The number of aryl methyl sites for hydroxylation is 1. The summed E-state index contributed by atoms with van der Waals surface area (Å²) in [6, 6.07) is 3.88. The molecule has 0 bridgehead atoms. The molecule has 1 unspecified atom stereocenters. The number of hydrogen-bond acceptors (Lipinski definition) is 3. The van der Waals surface area contributed by atoms with Gasteiger partial charge < -0.3 is 0 Å². The molecule has 0 aliphatic heterocycles. The van der Waals surface area contributed by atoms with Gasteiger partial charge in [-0.2, -0.15) is 5.10 Å². The lowest BCUT2D eigenvalue weighted by atomic mass is 9.84. The van der Waals surface area contributed by atoms with E-state index in [9.17, 15) is 4.79 Å². The summed E-state index contributed by atoms with van der Waals surface area (Å²) in [6.45, 7) is 2.16. The minimum absolute atomic E-state index is 0.207. The predicted octanol–water partition coefficient (Wildman–Crippen LogP) is 2.56.